The molecule has 2 N–H and O–H groups in total. The van der Waals surface area contributed by atoms with Crippen LogP contribution in [0.1, 0.15) is 17.0 Å². The maximum atomic E-state index is 5.75. The summed E-state index contributed by atoms with van der Waals surface area (Å²) >= 11 is 7.01. The van der Waals surface area contributed by atoms with Gasteiger partial charge in [-0.1, -0.05) is 5.16 Å². The summed E-state index contributed by atoms with van der Waals surface area (Å²) in [5.74, 6) is 1.52. The van der Waals surface area contributed by atoms with Gasteiger partial charge in [-0.15, -0.1) is 0 Å². The number of benzene rings is 1. The van der Waals surface area contributed by atoms with Crippen LogP contribution in [-0.4, -0.2) is 11.7 Å². The molecule has 0 bridgehead atoms. The topological polar surface area (TPSA) is 61.3 Å². The zero-order valence-corrected chi connectivity index (χ0v) is 13.6. The Balaban J connectivity index is 2.11. The Labute approximate surface area is 128 Å². The fourth-order valence-corrected chi connectivity index (χ4v) is 3.20. The van der Waals surface area contributed by atoms with Crippen molar-refractivity contribution in [3.8, 4) is 5.75 Å². The average molecular weight is 390 g/mol. The third-order valence-electron chi connectivity index (χ3n) is 2.53. The maximum Gasteiger partial charge on any atom is 0.148 e. The molecule has 2 aromatic rings. The van der Waals surface area contributed by atoms with Gasteiger partial charge in [-0.2, -0.15) is 0 Å². The summed E-state index contributed by atoms with van der Waals surface area (Å²) in [7, 11) is 0. The van der Waals surface area contributed by atoms with Crippen LogP contribution in [0.4, 0.5) is 0 Å². The van der Waals surface area contributed by atoms with Gasteiger partial charge < -0.3 is 15.0 Å². The van der Waals surface area contributed by atoms with Gasteiger partial charge in [0.1, 0.15) is 23.8 Å². The number of rotatable bonds is 5. The highest BCUT2D eigenvalue weighted by molar-refractivity contribution is 9.11. The van der Waals surface area contributed by atoms with Gasteiger partial charge in [-0.3, -0.25) is 0 Å². The predicted molar refractivity (Wildman–Crippen MR) is 80.2 cm³/mol. The zero-order chi connectivity index (χ0) is 13.8. The molecule has 0 aliphatic rings. The lowest BCUT2D eigenvalue weighted by Gasteiger charge is -2.11. The summed E-state index contributed by atoms with van der Waals surface area (Å²) in [4.78, 5) is 0. The van der Waals surface area contributed by atoms with Crippen LogP contribution in [0.25, 0.3) is 0 Å². The molecule has 102 valence electrons. The normalized spacial score (nSPS) is 10.7. The number of nitrogens with zero attached hydrogens (tertiary/aromatic N) is 1. The fourth-order valence-electron chi connectivity index (χ4n) is 1.69. The lowest BCUT2D eigenvalue weighted by atomic mass is 10.1. The van der Waals surface area contributed by atoms with Gasteiger partial charge in [0.15, 0.2) is 0 Å². The van der Waals surface area contributed by atoms with Crippen molar-refractivity contribution < 1.29 is 9.26 Å². The van der Waals surface area contributed by atoms with E-state index in [4.69, 9.17) is 15.0 Å². The van der Waals surface area contributed by atoms with Gasteiger partial charge in [-0.25, -0.2) is 0 Å². The first-order valence-electron chi connectivity index (χ1n) is 5.83. The van der Waals surface area contributed by atoms with E-state index in [1.807, 2.05) is 25.1 Å². The standard InChI is InChI=1S/C13H14Br2N2O2/c1-8-4-10(17-19-8)7-18-13-11(14)5-9(2-3-16)6-12(13)15/h4-6H,2-3,7,16H2,1H3. The summed E-state index contributed by atoms with van der Waals surface area (Å²) in [6.45, 7) is 2.84. The van der Waals surface area contributed by atoms with Crippen molar-refractivity contribution >= 4 is 31.9 Å². The SMILES string of the molecule is Cc1cc(COc2c(Br)cc(CCN)cc2Br)no1. The van der Waals surface area contributed by atoms with E-state index >= 15 is 0 Å². The van der Waals surface area contributed by atoms with Crippen LogP contribution in [0, 0.1) is 6.92 Å². The Morgan fingerprint density at radius 2 is 1.95 bits per heavy atom. The maximum absolute atomic E-state index is 5.75. The minimum atomic E-state index is 0.366. The second-order valence-electron chi connectivity index (χ2n) is 4.14. The van der Waals surface area contributed by atoms with Crippen LogP contribution in [0.3, 0.4) is 0 Å². The molecule has 0 radical (unpaired) electrons. The highest BCUT2D eigenvalue weighted by Crippen LogP contribution is 2.35. The third-order valence-corrected chi connectivity index (χ3v) is 3.71. The highest BCUT2D eigenvalue weighted by Gasteiger charge is 2.10. The minimum absolute atomic E-state index is 0.366. The van der Waals surface area contributed by atoms with Crippen LogP contribution in [-0.2, 0) is 13.0 Å². The summed E-state index contributed by atoms with van der Waals surface area (Å²) in [6, 6.07) is 5.88. The molecule has 0 atom stereocenters. The van der Waals surface area contributed by atoms with Crippen molar-refractivity contribution in [3.05, 3.63) is 44.2 Å². The van der Waals surface area contributed by atoms with Crippen LogP contribution in [0.2, 0.25) is 0 Å². The van der Waals surface area contributed by atoms with E-state index in [1.54, 1.807) is 0 Å². The van der Waals surface area contributed by atoms with Crippen molar-refractivity contribution in [2.75, 3.05) is 6.54 Å². The van der Waals surface area contributed by atoms with Crippen molar-refractivity contribution in [2.45, 2.75) is 20.0 Å². The average Bonchev–Trinajstić information content (AvgIpc) is 2.74. The van der Waals surface area contributed by atoms with Gasteiger partial charge in [0.25, 0.3) is 0 Å². The molecule has 2 rings (SSSR count). The molecule has 19 heavy (non-hydrogen) atoms. The first-order chi connectivity index (χ1) is 9.10. The minimum Gasteiger partial charge on any atom is -0.485 e. The van der Waals surface area contributed by atoms with Crippen LogP contribution < -0.4 is 10.5 Å². The summed E-state index contributed by atoms with van der Waals surface area (Å²) in [5.41, 5.74) is 7.48. The molecule has 1 aromatic heterocycles. The number of nitrogens with two attached hydrogens (primary N) is 1. The summed E-state index contributed by atoms with van der Waals surface area (Å²) in [6.07, 6.45) is 0.833. The van der Waals surface area contributed by atoms with Crippen molar-refractivity contribution in [3.63, 3.8) is 0 Å². The Morgan fingerprint density at radius 1 is 1.26 bits per heavy atom. The van der Waals surface area contributed by atoms with Gasteiger partial charge in [0.05, 0.1) is 8.95 Å². The van der Waals surface area contributed by atoms with Crippen molar-refractivity contribution in [1.29, 1.82) is 0 Å². The van der Waals surface area contributed by atoms with E-state index < -0.39 is 0 Å². The number of aromatic nitrogens is 1. The van der Waals surface area contributed by atoms with E-state index in [0.29, 0.717) is 13.2 Å². The molecule has 0 amide bonds. The Kier molecular flexibility index (Phi) is 5.01. The Morgan fingerprint density at radius 3 is 2.47 bits per heavy atom. The Bertz CT molecular complexity index is 547. The molecular weight excluding hydrogens is 376 g/mol. The quantitative estimate of drug-likeness (QED) is 0.848. The van der Waals surface area contributed by atoms with Gasteiger partial charge >= 0.3 is 0 Å². The number of halogens is 2. The second-order valence-corrected chi connectivity index (χ2v) is 5.85. The fraction of sp³-hybridized carbons (Fsp3) is 0.308. The molecule has 4 nitrogen and oxygen atoms in total. The second kappa shape index (κ2) is 6.54. The van der Waals surface area contributed by atoms with Gasteiger partial charge in [0.2, 0.25) is 0 Å². The largest absolute Gasteiger partial charge is 0.485 e. The molecule has 6 heteroatoms. The lowest BCUT2D eigenvalue weighted by Crippen LogP contribution is -2.03. The molecule has 0 saturated heterocycles. The molecule has 0 aliphatic heterocycles. The van der Waals surface area contributed by atoms with E-state index in [9.17, 15) is 0 Å². The van der Waals surface area contributed by atoms with E-state index in [1.165, 1.54) is 0 Å². The lowest BCUT2D eigenvalue weighted by molar-refractivity contribution is 0.284. The number of hydrogen-bond donors (Lipinski definition) is 1. The molecule has 1 heterocycles. The monoisotopic (exact) mass is 388 g/mol. The van der Waals surface area contributed by atoms with Crippen LogP contribution >= 0.6 is 31.9 Å². The summed E-state index contributed by atoms with van der Waals surface area (Å²) in [5, 5.41) is 3.89. The summed E-state index contributed by atoms with van der Waals surface area (Å²) < 4.78 is 12.5. The third kappa shape index (κ3) is 3.81. The molecule has 1 aromatic carbocycles. The highest BCUT2D eigenvalue weighted by atomic mass is 79.9. The molecule has 0 unspecified atom stereocenters. The zero-order valence-electron chi connectivity index (χ0n) is 10.5. The molecule has 0 fully saturated rings. The van der Waals surface area contributed by atoms with Crippen LogP contribution in [0.5, 0.6) is 5.75 Å². The smallest absolute Gasteiger partial charge is 0.148 e. The van der Waals surface area contributed by atoms with Crippen LogP contribution in [0.15, 0.2) is 31.7 Å². The first-order valence-corrected chi connectivity index (χ1v) is 7.41. The molecule has 0 aliphatic carbocycles. The Hall–Kier alpha value is -0.850. The van der Waals surface area contributed by atoms with Crippen molar-refractivity contribution in [1.82, 2.24) is 5.16 Å². The molecular formula is C13H14Br2N2O2. The van der Waals surface area contributed by atoms with E-state index in [0.717, 1.165) is 38.1 Å². The van der Waals surface area contributed by atoms with E-state index in [-0.39, 0.29) is 0 Å². The molecule has 0 saturated carbocycles. The van der Waals surface area contributed by atoms with Gasteiger partial charge in [0, 0.05) is 6.07 Å². The van der Waals surface area contributed by atoms with Gasteiger partial charge in [-0.05, 0) is 69.4 Å². The van der Waals surface area contributed by atoms with Crippen molar-refractivity contribution in [2.24, 2.45) is 5.73 Å². The first kappa shape index (κ1) is 14.6. The predicted octanol–water partition coefficient (Wildman–Crippen LogP) is 3.59. The number of aryl methyl sites for hydroxylation is 1. The number of hydrogen-bond acceptors (Lipinski definition) is 4. The van der Waals surface area contributed by atoms with E-state index in [2.05, 4.69) is 37.0 Å². The number of ether oxygens (including phenoxy) is 1. The molecule has 0 spiro atoms.